The summed E-state index contributed by atoms with van der Waals surface area (Å²) in [4.78, 5) is 24.9. The van der Waals surface area contributed by atoms with Gasteiger partial charge in [0.25, 0.3) is 5.91 Å². The highest BCUT2D eigenvalue weighted by atomic mass is 32.2. The normalized spacial score (nSPS) is 18.2. The fourth-order valence-corrected chi connectivity index (χ4v) is 2.97. The first-order valence-electron chi connectivity index (χ1n) is 6.95. The van der Waals surface area contributed by atoms with Crippen LogP contribution in [0.4, 0.5) is 5.69 Å². The first kappa shape index (κ1) is 16.3. The smallest absolute Gasteiger partial charge is 0.308 e. The molecule has 0 saturated carbocycles. The maximum absolute atomic E-state index is 12.5. The van der Waals surface area contributed by atoms with E-state index in [0.717, 1.165) is 0 Å². The predicted octanol–water partition coefficient (Wildman–Crippen LogP) is 0.995. The van der Waals surface area contributed by atoms with Gasteiger partial charge in [0, 0.05) is 13.1 Å². The van der Waals surface area contributed by atoms with Gasteiger partial charge < -0.3 is 10.0 Å². The number of para-hydroxylation sites is 1. The third-order valence-electron chi connectivity index (χ3n) is 3.63. The SMILES string of the molecule is CCS(=O)(=O)Nc1ccccc1C(=O)N1CCC(C(=O)O)C1. The molecule has 0 aromatic heterocycles. The molecule has 120 valence electrons. The van der Waals surface area contributed by atoms with E-state index in [0.29, 0.717) is 13.0 Å². The van der Waals surface area contributed by atoms with Gasteiger partial charge in [0.1, 0.15) is 0 Å². The van der Waals surface area contributed by atoms with Crippen LogP contribution in [-0.4, -0.2) is 49.1 Å². The Morgan fingerprint density at radius 1 is 1.36 bits per heavy atom. The molecule has 1 unspecified atom stereocenters. The Morgan fingerprint density at radius 2 is 2.05 bits per heavy atom. The summed E-state index contributed by atoms with van der Waals surface area (Å²) in [6.45, 7) is 2.00. The van der Waals surface area contributed by atoms with Crippen molar-refractivity contribution in [3.05, 3.63) is 29.8 Å². The molecule has 2 rings (SSSR count). The molecular weight excluding hydrogens is 308 g/mol. The lowest BCUT2D eigenvalue weighted by Gasteiger charge is -2.18. The molecular formula is C14H18N2O5S. The molecule has 1 atom stereocenters. The van der Waals surface area contributed by atoms with E-state index in [-0.39, 0.29) is 29.5 Å². The highest BCUT2D eigenvalue weighted by Gasteiger charge is 2.32. The summed E-state index contributed by atoms with van der Waals surface area (Å²) in [7, 11) is -3.49. The number of carboxylic acids is 1. The highest BCUT2D eigenvalue weighted by Crippen LogP contribution is 2.23. The van der Waals surface area contributed by atoms with Gasteiger partial charge in [-0.3, -0.25) is 14.3 Å². The summed E-state index contributed by atoms with van der Waals surface area (Å²) >= 11 is 0. The first-order chi connectivity index (χ1) is 10.3. The van der Waals surface area contributed by atoms with Crippen LogP contribution in [0.5, 0.6) is 0 Å². The van der Waals surface area contributed by atoms with Crippen molar-refractivity contribution in [2.45, 2.75) is 13.3 Å². The molecule has 0 aliphatic carbocycles. The van der Waals surface area contributed by atoms with Crippen molar-refractivity contribution >= 4 is 27.6 Å². The van der Waals surface area contributed by atoms with Crippen LogP contribution in [0, 0.1) is 5.92 Å². The molecule has 2 N–H and O–H groups in total. The van der Waals surface area contributed by atoms with Crippen molar-refractivity contribution in [2.24, 2.45) is 5.92 Å². The predicted molar refractivity (Wildman–Crippen MR) is 81.2 cm³/mol. The van der Waals surface area contributed by atoms with E-state index < -0.39 is 21.9 Å². The second-order valence-electron chi connectivity index (χ2n) is 5.13. The molecule has 0 spiro atoms. The summed E-state index contributed by atoms with van der Waals surface area (Å²) in [6, 6.07) is 6.32. The Bertz CT molecular complexity index is 686. The van der Waals surface area contributed by atoms with Gasteiger partial charge in [-0.25, -0.2) is 8.42 Å². The fraction of sp³-hybridized carbons (Fsp3) is 0.429. The maximum atomic E-state index is 12.5. The van der Waals surface area contributed by atoms with E-state index in [1.165, 1.54) is 24.0 Å². The number of aliphatic carboxylic acids is 1. The minimum atomic E-state index is -3.49. The fourth-order valence-electron chi connectivity index (χ4n) is 2.31. The molecule has 1 aliphatic rings. The topological polar surface area (TPSA) is 104 Å². The second kappa shape index (κ2) is 6.35. The van der Waals surface area contributed by atoms with Crippen molar-refractivity contribution in [2.75, 3.05) is 23.6 Å². The average Bonchev–Trinajstić information content (AvgIpc) is 2.97. The largest absolute Gasteiger partial charge is 0.481 e. The molecule has 0 radical (unpaired) electrons. The van der Waals surface area contributed by atoms with Gasteiger partial charge in [-0.1, -0.05) is 12.1 Å². The van der Waals surface area contributed by atoms with E-state index >= 15 is 0 Å². The Morgan fingerprint density at radius 3 is 2.64 bits per heavy atom. The van der Waals surface area contributed by atoms with Crippen molar-refractivity contribution in [1.82, 2.24) is 4.90 Å². The van der Waals surface area contributed by atoms with E-state index in [1.54, 1.807) is 12.1 Å². The lowest BCUT2D eigenvalue weighted by atomic mass is 10.1. The zero-order chi connectivity index (χ0) is 16.3. The standard InChI is InChI=1S/C14H18N2O5S/c1-2-22(20,21)15-12-6-4-3-5-11(12)13(17)16-8-7-10(9-16)14(18)19/h3-6,10,15H,2,7-9H2,1H3,(H,18,19). The third kappa shape index (κ3) is 3.56. The molecule has 1 amide bonds. The van der Waals surface area contributed by atoms with Gasteiger partial charge in [0.2, 0.25) is 10.0 Å². The molecule has 1 aliphatic heterocycles. The number of anilines is 1. The molecule has 1 fully saturated rings. The number of nitrogens with zero attached hydrogens (tertiary/aromatic N) is 1. The minimum Gasteiger partial charge on any atom is -0.481 e. The van der Waals surface area contributed by atoms with Crippen LogP contribution in [0.15, 0.2) is 24.3 Å². The zero-order valence-electron chi connectivity index (χ0n) is 12.2. The molecule has 1 saturated heterocycles. The number of nitrogens with one attached hydrogen (secondary N) is 1. The van der Waals surface area contributed by atoms with Crippen LogP contribution in [-0.2, 0) is 14.8 Å². The van der Waals surface area contributed by atoms with E-state index in [4.69, 9.17) is 5.11 Å². The molecule has 1 aromatic carbocycles. The van der Waals surface area contributed by atoms with Crippen LogP contribution < -0.4 is 4.72 Å². The first-order valence-corrected chi connectivity index (χ1v) is 8.61. The second-order valence-corrected chi connectivity index (χ2v) is 7.14. The maximum Gasteiger partial charge on any atom is 0.308 e. The minimum absolute atomic E-state index is 0.0969. The quantitative estimate of drug-likeness (QED) is 0.840. The number of benzene rings is 1. The summed E-state index contributed by atoms with van der Waals surface area (Å²) in [5.41, 5.74) is 0.443. The van der Waals surface area contributed by atoms with E-state index in [1.807, 2.05) is 0 Å². The summed E-state index contributed by atoms with van der Waals surface area (Å²) in [5.74, 6) is -1.95. The molecule has 1 aromatic rings. The summed E-state index contributed by atoms with van der Waals surface area (Å²) in [5, 5.41) is 8.99. The molecule has 8 heteroatoms. The number of amides is 1. The van der Waals surface area contributed by atoms with Crippen LogP contribution >= 0.6 is 0 Å². The lowest BCUT2D eigenvalue weighted by Crippen LogP contribution is -2.31. The number of carbonyl (C=O) groups excluding carboxylic acids is 1. The van der Waals surface area contributed by atoms with Crippen molar-refractivity contribution in [3.63, 3.8) is 0 Å². The monoisotopic (exact) mass is 326 g/mol. The van der Waals surface area contributed by atoms with Crippen molar-refractivity contribution in [1.29, 1.82) is 0 Å². The molecule has 7 nitrogen and oxygen atoms in total. The van der Waals surface area contributed by atoms with E-state index in [2.05, 4.69) is 4.72 Å². The van der Waals surface area contributed by atoms with Gasteiger partial charge in [-0.05, 0) is 25.5 Å². The number of rotatable bonds is 5. The number of sulfonamides is 1. The van der Waals surface area contributed by atoms with Crippen LogP contribution in [0.25, 0.3) is 0 Å². The molecule has 1 heterocycles. The summed E-state index contributed by atoms with van der Waals surface area (Å²) in [6.07, 6.45) is 0.407. The van der Waals surface area contributed by atoms with Crippen LogP contribution in [0.1, 0.15) is 23.7 Å². The summed E-state index contributed by atoms with van der Waals surface area (Å²) < 4.78 is 25.8. The van der Waals surface area contributed by atoms with Gasteiger partial charge in [0.05, 0.1) is 22.9 Å². The van der Waals surface area contributed by atoms with Crippen LogP contribution in [0.3, 0.4) is 0 Å². The zero-order valence-corrected chi connectivity index (χ0v) is 13.0. The van der Waals surface area contributed by atoms with Gasteiger partial charge >= 0.3 is 5.97 Å². The number of hydrogen-bond donors (Lipinski definition) is 2. The number of carboxylic acid groups (broad SMARTS) is 1. The Balaban J connectivity index is 2.22. The Kier molecular flexibility index (Phi) is 4.70. The van der Waals surface area contributed by atoms with Crippen molar-refractivity contribution < 1.29 is 23.1 Å². The van der Waals surface area contributed by atoms with Gasteiger partial charge in [0.15, 0.2) is 0 Å². The number of hydrogen-bond acceptors (Lipinski definition) is 4. The molecule has 22 heavy (non-hydrogen) atoms. The number of likely N-dealkylation sites (tertiary alicyclic amines) is 1. The number of carbonyl (C=O) groups is 2. The Hall–Kier alpha value is -2.09. The van der Waals surface area contributed by atoms with Gasteiger partial charge in [-0.2, -0.15) is 0 Å². The Labute approximate surface area is 129 Å². The lowest BCUT2D eigenvalue weighted by molar-refractivity contribution is -0.141. The van der Waals surface area contributed by atoms with Crippen molar-refractivity contribution in [3.8, 4) is 0 Å². The van der Waals surface area contributed by atoms with Crippen LogP contribution in [0.2, 0.25) is 0 Å². The highest BCUT2D eigenvalue weighted by molar-refractivity contribution is 7.92. The molecule has 0 bridgehead atoms. The van der Waals surface area contributed by atoms with Gasteiger partial charge in [-0.15, -0.1) is 0 Å². The van der Waals surface area contributed by atoms with E-state index in [9.17, 15) is 18.0 Å². The average molecular weight is 326 g/mol. The third-order valence-corrected chi connectivity index (χ3v) is 4.92.